The van der Waals surface area contributed by atoms with Gasteiger partial charge >= 0.3 is 5.97 Å². The Morgan fingerprint density at radius 2 is 1.85 bits per heavy atom. The number of hydrogen-bond acceptors (Lipinski definition) is 6. The van der Waals surface area contributed by atoms with Crippen LogP contribution in [0.1, 0.15) is 39.8 Å². The van der Waals surface area contributed by atoms with Gasteiger partial charge in [-0.05, 0) is 56.7 Å². The van der Waals surface area contributed by atoms with E-state index in [9.17, 15) is 13.2 Å². The molecule has 0 spiro atoms. The third-order valence-corrected chi connectivity index (χ3v) is 7.76. The van der Waals surface area contributed by atoms with Gasteiger partial charge in [-0.15, -0.1) is 0 Å². The molecule has 1 aliphatic rings. The number of hydrogen-bond donors (Lipinski definition) is 0. The molecule has 33 heavy (non-hydrogen) atoms. The van der Waals surface area contributed by atoms with Gasteiger partial charge in [0.05, 0.1) is 30.0 Å². The molecule has 1 aliphatic heterocycles. The summed E-state index contributed by atoms with van der Waals surface area (Å²) in [4.78, 5) is 13.0. The maximum atomic E-state index is 13.5. The molecule has 0 amide bonds. The van der Waals surface area contributed by atoms with Crippen LogP contribution in [-0.4, -0.2) is 48.7 Å². The van der Waals surface area contributed by atoms with E-state index in [4.69, 9.17) is 9.47 Å². The number of sulfonamides is 1. The number of nitrogens with zero attached hydrogens (tertiary/aromatic N) is 3. The van der Waals surface area contributed by atoms with E-state index in [0.717, 1.165) is 16.9 Å². The number of aromatic nitrogens is 2. The summed E-state index contributed by atoms with van der Waals surface area (Å²) < 4.78 is 40.5. The van der Waals surface area contributed by atoms with Gasteiger partial charge in [-0.2, -0.15) is 9.40 Å². The lowest BCUT2D eigenvalue weighted by atomic mass is 10.1. The van der Waals surface area contributed by atoms with Gasteiger partial charge in [0.25, 0.3) is 0 Å². The fraction of sp³-hybridized carbons (Fsp3) is 0.333. The molecular formula is C24H27N3O5S. The van der Waals surface area contributed by atoms with Gasteiger partial charge in [-0.3, -0.25) is 0 Å². The number of fused-ring (bicyclic) bond motifs is 1. The van der Waals surface area contributed by atoms with Crippen LogP contribution in [0.5, 0.6) is 5.75 Å². The van der Waals surface area contributed by atoms with E-state index in [1.807, 2.05) is 37.3 Å². The van der Waals surface area contributed by atoms with Crippen LogP contribution in [0.15, 0.2) is 47.4 Å². The summed E-state index contributed by atoms with van der Waals surface area (Å²) in [5.41, 5.74) is 3.97. The van der Waals surface area contributed by atoms with E-state index < -0.39 is 16.0 Å². The first-order valence-electron chi connectivity index (χ1n) is 10.8. The fourth-order valence-corrected chi connectivity index (χ4v) is 5.74. The lowest BCUT2D eigenvalue weighted by molar-refractivity contribution is 0.0517. The van der Waals surface area contributed by atoms with E-state index in [1.165, 1.54) is 4.31 Å². The Labute approximate surface area is 193 Å². The zero-order valence-corrected chi connectivity index (χ0v) is 20.0. The highest BCUT2D eigenvalue weighted by Crippen LogP contribution is 2.31. The van der Waals surface area contributed by atoms with Gasteiger partial charge in [0.15, 0.2) is 5.69 Å². The molecule has 8 nitrogen and oxygen atoms in total. The van der Waals surface area contributed by atoms with Crippen molar-refractivity contribution in [1.29, 1.82) is 0 Å². The number of methoxy groups -OCH3 is 1. The van der Waals surface area contributed by atoms with E-state index in [0.29, 0.717) is 23.3 Å². The number of ether oxygens (including phenoxy) is 2. The Bertz CT molecular complexity index is 1300. The van der Waals surface area contributed by atoms with Gasteiger partial charge in [0.1, 0.15) is 5.75 Å². The third-order valence-electron chi connectivity index (χ3n) is 5.76. The first kappa shape index (κ1) is 23.0. The molecule has 0 N–H and O–H groups in total. The summed E-state index contributed by atoms with van der Waals surface area (Å²) in [7, 11) is -2.15. The van der Waals surface area contributed by atoms with Crippen LogP contribution in [0.2, 0.25) is 0 Å². The second-order valence-corrected chi connectivity index (χ2v) is 9.87. The van der Waals surface area contributed by atoms with Crippen molar-refractivity contribution in [2.24, 2.45) is 0 Å². The zero-order chi connectivity index (χ0) is 23.8. The molecule has 0 bridgehead atoms. The topological polar surface area (TPSA) is 90.7 Å². The van der Waals surface area contributed by atoms with Crippen molar-refractivity contribution < 1.29 is 22.7 Å². The molecule has 1 aromatic heterocycles. The highest BCUT2D eigenvalue weighted by molar-refractivity contribution is 7.89. The van der Waals surface area contributed by atoms with Crippen LogP contribution in [0.3, 0.4) is 0 Å². The molecule has 4 rings (SSSR count). The second-order valence-electron chi connectivity index (χ2n) is 7.96. The average molecular weight is 470 g/mol. The number of aryl methyl sites for hydroxylation is 2. The summed E-state index contributed by atoms with van der Waals surface area (Å²) in [5.74, 6) is 0.142. The second kappa shape index (κ2) is 8.99. The van der Waals surface area contributed by atoms with E-state index in [-0.39, 0.29) is 30.3 Å². The Morgan fingerprint density at radius 3 is 2.48 bits per heavy atom. The van der Waals surface area contributed by atoms with Gasteiger partial charge < -0.3 is 9.47 Å². The Hall–Kier alpha value is -3.17. The summed E-state index contributed by atoms with van der Waals surface area (Å²) >= 11 is 0. The van der Waals surface area contributed by atoms with Crippen molar-refractivity contribution >= 4 is 16.0 Å². The molecule has 0 fully saturated rings. The summed E-state index contributed by atoms with van der Waals surface area (Å²) in [6.45, 7) is 5.98. The monoisotopic (exact) mass is 469 g/mol. The van der Waals surface area contributed by atoms with Crippen LogP contribution >= 0.6 is 0 Å². The number of benzene rings is 2. The van der Waals surface area contributed by atoms with Crippen molar-refractivity contribution in [2.75, 3.05) is 20.3 Å². The standard InChI is InChI=1S/C24H27N3O5S/c1-5-32-24(28)23-20-15-26(33(29,30)22-11-6-16(2)14-17(22)3)13-12-21(20)27(25-23)18-7-9-19(31-4)10-8-18/h6-11,14H,5,12-13,15H2,1-4H3. The smallest absolute Gasteiger partial charge is 0.359 e. The van der Waals surface area contributed by atoms with Crippen molar-refractivity contribution in [3.05, 3.63) is 70.5 Å². The van der Waals surface area contributed by atoms with Crippen molar-refractivity contribution in [2.45, 2.75) is 38.6 Å². The van der Waals surface area contributed by atoms with Gasteiger partial charge in [-0.25, -0.2) is 17.9 Å². The van der Waals surface area contributed by atoms with Crippen LogP contribution in [0, 0.1) is 13.8 Å². The number of esters is 1. The summed E-state index contributed by atoms with van der Waals surface area (Å²) in [6, 6.07) is 12.6. The van der Waals surface area contributed by atoms with Gasteiger partial charge in [0, 0.05) is 25.1 Å². The molecule has 0 saturated heterocycles. The minimum absolute atomic E-state index is 0.0509. The molecule has 0 atom stereocenters. The lowest BCUT2D eigenvalue weighted by Gasteiger charge is -2.27. The Balaban J connectivity index is 1.76. The van der Waals surface area contributed by atoms with Gasteiger partial charge in [-0.1, -0.05) is 17.7 Å². The van der Waals surface area contributed by atoms with Crippen LogP contribution in [0.4, 0.5) is 0 Å². The van der Waals surface area contributed by atoms with Crippen LogP contribution in [-0.2, 0) is 27.7 Å². The average Bonchev–Trinajstić information content (AvgIpc) is 3.18. The number of carbonyl (C=O) groups excluding carboxylic acids is 1. The predicted octanol–water partition coefficient (Wildman–Crippen LogP) is 3.42. The molecule has 3 aromatic rings. The van der Waals surface area contributed by atoms with Gasteiger partial charge in [0.2, 0.25) is 10.0 Å². The third kappa shape index (κ3) is 4.26. The maximum absolute atomic E-state index is 13.5. The zero-order valence-electron chi connectivity index (χ0n) is 19.2. The molecule has 174 valence electrons. The quantitative estimate of drug-likeness (QED) is 0.514. The highest BCUT2D eigenvalue weighted by atomic mass is 32.2. The minimum atomic E-state index is -3.74. The van der Waals surface area contributed by atoms with Crippen LogP contribution < -0.4 is 4.74 Å². The molecule has 0 aliphatic carbocycles. The molecular weight excluding hydrogens is 442 g/mol. The van der Waals surface area contributed by atoms with E-state index in [1.54, 1.807) is 37.8 Å². The fourth-order valence-electron chi connectivity index (χ4n) is 4.13. The summed E-state index contributed by atoms with van der Waals surface area (Å²) in [5, 5.41) is 4.53. The summed E-state index contributed by atoms with van der Waals surface area (Å²) in [6.07, 6.45) is 0.415. The highest BCUT2D eigenvalue weighted by Gasteiger charge is 2.35. The number of rotatable bonds is 6. The minimum Gasteiger partial charge on any atom is -0.497 e. The molecule has 9 heteroatoms. The normalized spacial score (nSPS) is 14.1. The first-order valence-corrected chi connectivity index (χ1v) is 12.2. The largest absolute Gasteiger partial charge is 0.497 e. The predicted molar refractivity (Wildman–Crippen MR) is 123 cm³/mol. The SMILES string of the molecule is CCOC(=O)c1nn(-c2ccc(OC)cc2)c2c1CN(S(=O)(=O)c1ccc(C)cc1C)CC2. The van der Waals surface area contributed by atoms with Crippen molar-refractivity contribution in [1.82, 2.24) is 14.1 Å². The maximum Gasteiger partial charge on any atom is 0.359 e. The lowest BCUT2D eigenvalue weighted by Crippen LogP contribution is -2.37. The van der Waals surface area contributed by atoms with E-state index >= 15 is 0 Å². The molecule has 0 saturated carbocycles. The first-order chi connectivity index (χ1) is 15.8. The molecule has 0 unspecified atom stereocenters. The molecule has 2 heterocycles. The molecule has 0 radical (unpaired) electrons. The number of carbonyl (C=O) groups is 1. The van der Waals surface area contributed by atoms with Crippen molar-refractivity contribution in [3.63, 3.8) is 0 Å². The van der Waals surface area contributed by atoms with E-state index in [2.05, 4.69) is 5.10 Å². The molecule has 2 aromatic carbocycles. The van der Waals surface area contributed by atoms with Crippen molar-refractivity contribution in [3.8, 4) is 11.4 Å². The Kier molecular flexibility index (Phi) is 6.27. The van der Waals surface area contributed by atoms with Crippen LogP contribution in [0.25, 0.3) is 5.69 Å². The Morgan fingerprint density at radius 1 is 1.12 bits per heavy atom.